The van der Waals surface area contributed by atoms with Gasteiger partial charge in [0, 0.05) is 16.9 Å². The highest BCUT2D eigenvalue weighted by Gasteiger charge is 1.98. The molecule has 3 heteroatoms. The van der Waals surface area contributed by atoms with E-state index in [4.69, 9.17) is 11.1 Å². The predicted molar refractivity (Wildman–Crippen MR) is 67.2 cm³/mol. The first-order valence-electron chi connectivity index (χ1n) is 5.02. The molecule has 2 rings (SSSR count). The second-order valence-corrected chi connectivity index (χ2v) is 3.49. The van der Waals surface area contributed by atoms with Crippen molar-refractivity contribution in [2.75, 3.05) is 5.32 Å². The highest BCUT2D eigenvalue weighted by atomic mass is 14.9. The number of nitrogens with one attached hydrogen (secondary N) is 2. The van der Waals surface area contributed by atoms with Gasteiger partial charge in [0.2, 0.25) is 0 Å². The number of rotatable bonds is 3. The van der Waals surface area contributed by atoms with Crippen molar-refractivity contribution in [3.8, 4) is 0 Å². The fourth-order valence-corrected chi connectivity index (χ4v) is 1.45. The first kappa shape index (κ1) is 10.2. The topological polar surface area (TPSA) is 61.9 Å². The zero-order chi connectivity index (χ0) is 11.4. The van der Waals surface area contributed by atoms with E-state index in [9.17, 15) is 0 Å². The minimum atomic E-state index is 0.0803. The number of nitrogen functional groups attached to an aromatic ring is 1. The van der Waals surface area contributed by atoms with E-state index in [0.29, 0.717) is 0 Å². The van der Waals surface area contributed by atoms with E-state index in [1.54, 1.807) is 0 Å². The third-order valence-electron chi connectivity index (χ3n) is 2.24. The van der Waals surface area contributed by atoms with Crippen LogP contribution in [0.25, 0.3) is 0 Å². The van der Waals surface area contributed by atoms with Crippen LogP contribution in [0.1, 0.15) is 5.56 Å². The molecule has 3 nitrogen and oxygen atoms in total. The van der Waals surface area contributed by atoms with Crippen molar-refractivity contribution in [3.63, 3.8) is 0 Å². The molecule has 0 aromatic heterocycles. The zero-order valence-electron chi connectivity index (χ0n) is 8.77. The Hall–Kier alpha value is -2.29. The molecule has 0 heterocycles. The minimum absolute atomic E-state index is 0.0803. The highest BCUT2D eigenvalue weighted by Crippen LogP contribution is 2.16. The van der Waals surface area contributed by atoms with Crippen molar-refractivity contribution in [2.24, 2.45) is 5.73 Å². The summed E-state index contributed by atoms with van der Waals surface area (Å²) in [6.07, 6.45) is 0. The van der Waals surface area contributed by atoms with Crippen molar-refractivity contribution in [1.29, 1.82) is 5.41 Å². The average molecular weight is 211 g/mol. The maximum Gasteiger partial charge on any atom is 0.122 e. The van der Waals surface area contributed by atoms with E-state index in [1.165, 1.54) is 0 Å². The molecule has 0 aliphatic heterocycles. The predicted octanol–water partition coefficient (Wildman–Crippen LogP) is 2.71. The van der Waals surface area contributed by atoms with Crippen LogP contribution in [0.15, 0.2) is 54.6 Å². The molecule has 0 saturated carbocycles. The lowest BCUT2D eigenvalue weighted by Gasteiger charge is -2.07. The number of hydrogen-bond acceptors (Lipinski definition) is 2. The number of nitrogens with two attached hydrogens (primary N) is 1. The Bertz CT molecular complexity index is 492. The van der Waals surface area contributed by atoms with Crippen molar-refractivity contribution in [1.82, 2.24) is 0 Å². The average Bonchev–Trinajstić information content (AvgIpc) is 2.30. The molecule has 0 unspecified atom stereocenters. The van der Waals surface area contributed by atoms with Crippen LogP contribution in [0, 0.1) is 5.41 Å². The molecule has 16 heavy (non-hydrogen) atoms. The lowest BCUT2D eigenvalue weighted by molar-refractivity contribution is 1.42. The lowest BCUT2D eigenvalue weighted by atomic mass is 10.2. The number of anilines is 2. The van der Waals surface area contributed by atoms with Crippen LogP contribution in [-0.2, 0) is 0 Å². The van der Waals surface area contributed by atoms with Crippen LogP contribution >= 0.6 is 0 Å². The third-order valence-corrected chi connectivity index (χ3v) is 2.24. The normalized spacial score (nSPS) is 9.75. The Labute approximate surface area is 94.4 Å². The largest absolute Gasteiger partial charge is 0.384 e. The Kier molecular flexibility index (Phi) is 2.87. The number of benzene rings is 2. The number of para-hydroxylation sites is 1. The molecular weight excluding hydrogens is 198 g/mol. The van der Waals surface area contributed by atoms with Crippen LogP contribution in [0.2, 0.25) is 0 Å². The van der Waals surface area contributed by atoms with Gasteiger partial charge in [-0.1, -0.05) is 30.3 Å². The Morgan fingerprint density at radius 3 is 2.31 bits per heavy atom. The highest BCUT2D eigenvalue weighted by molar-refractivity contribution is 5.95. The Morgan fingerprint density at radius 2 is 1.62 bits per heavy atom. The second-order valence-electron chi connectivity index (χ2n) is 3.49. The Balaban J connectivity index is 2.22. The Morgan fingerprint density at radius 1 is 0.938 bits per heavy atom. The molecule has 0 saturated heterocycles. The van der Waals surface area contributed by atoms with Gasteiger partial charge in [-0.25, -0.2) is 0 Å². The van der Waals surface area contributed by atoms with E-state index in [0.717, 1.165) is 16.9 Å². The van der Waals surface area contributed by atoms with Gasteiger partial charge >= 0.3 is 0 Å². The summed E-state index contributed by atoms with van der Waals surface area (Å²) in [7, 11) is 0. The van der Waals surface area contributed by atoms with E-state index in [-0.39, 0.29) is 5.84 Å². The molecule has 2 aromatic rings. The van der Waals surface area contributed by atoms with Crippen LogP contribution in [0.3, 0.4) is 0 Å². The summed E-state index contributed by atoms with van der Waals surface area (Å²) >= 11 is 0. The molecule has 0 spiro atoms. The quantitative estimate of drug-likeness (QED) is 0.540. The van der Waals surface area contributed by atoms with E-state index < -0.39 is 0 Å². The molecule has 0 fully saturated rings. The van der Waals surface area contributed by atoms with Gasteiger partial charge in [-0.05, 0) is 24.3 Å². The summed E-state index contributed by atoms with van der Waals surface area (Å²) in [5.41, 5.74) is 8.10. The minimum Gasteiger partial charge on any atom is -0.384 e. The standard InChI is InChI=1S/C13H13N3/c14-13(15)10-5-4-8-12(9-10)16-11-6-2-1-3-7-11/h1-9,16H,(H3,14,15). The molecule has 4 N–H and O–H groups in total. The number of hydrogen-bond donors (Lipinski definition) is 3. The number of amidine groups is 1. The fourth-order valence-electron chi connectivity index (χ4n) is 1.45. The summed E-state index contributed by atoms with van der Waals surface area (Å²) in [6, 6.07) is 17.4. The van der Waals surface area contributed by atoms with E-state index >= 15 is 0 Å². The summed E-state index contributed by atoms with van der Waals surface area (Å²) < 4.78 is 0. The first-order chi connectivity index (χ1) is 7.75. The van der Waals surface area contributed by atoms with Gasteiger partial charge < -0.3 is 11.1 Å². The van der Waals surface area contributed by atoms with Gasteiger partial charge in [-0.15, -0.1) is 0 Å². The summed E-state index contributed by atoms with van der Waals surface area (Å²) in [4.78, 5) is 0. The van der Waals surface area contributed by atoms with Crippen LogP contribution < -0.4 is 11.1 Å². The first-order valence-corrected chi connectivity index (χ1v) is 5.02. The summed E-state index contributed by atoms with van der Waals surface area (Å²) in [5.74, 6) is 0.0803. The van der Waals surface area contributed by atoms with E-state index in [1.807, 2.05) is 54.6 Å². The third kappa shape index (κ3) is 2.39. The van der Waals surface area contributed by atoms with Gasteiger partial charge in [0.15, 0.2) is 0 Å². The van der Waals surface area contributed by atoms with Crippen molar-refractivity contribution in [3.05, 3.63) is 60.2 Å². The fraction of sp³-hybridized carbons (Fsp3) is 0. The molecule has 0 amide bonds. The molecule has 80 valence electrons. The monoisotopic (exact) mass is 211 g/mol. The van der Waals surface area contributed by atoms with Crippen molar-refractivity contribution >= 4 is 17.2 Å². The van der Waals surface area contributed by atoms with Crippen LogP contribution in [0.4, 0.5) is 11.4 Å². The molecule has 0 aliphatic carbocycles. The molecule has 0 aliphatic rings. The maximum absolute atomic E-state index is 7.36. The maximum atomic E-state index is 7.36. The molecule has 0 radical (unpaired) electrons. The molecular formula is C13H13N3. The van der Waals surface area contributed by atoms with Gasteiger partial charge in [0.25, 0.3) is 0 Å². The molecule has 0 atom stereocenters. The van der Waals surface area contributed by atoms with Crippen LogP contribution in [0.5, 0.6) is 0 Å². The smallest absolute Gasteiger partial charge is 0.122 e. The van der Waals surface area contributed by atoms with Crippen molar-refractivity contribution in [2.45, 2.75) is 0 Å². The molecule has 2 aromatic carbocycles. The van der Waals surface area contributed by atoms with E-state index in [2.05, 4.69) is 5.32 Å². The second kappa shape index (κ2) is 4.49. The SMILES string of the molecule is N=C(N)c1cccc(Nc2ccccc2)c1. The summed E-state index contributed by atoms with van der Waals surface area (Å²) in [6.45, 7) is 0. The van der Waals surface area contributed by atoms with Gasteiger partial charge in [0.1, 0.15) is 5.84 Å². The van der Waals surface area contributed by atoms with Crippen LogP contribution in [-0.4, -0.2) is 5.84 Å². The lowest BCUT2D eigenvalue weighted by Crippen LogP contribution is -2.10. The van der Waals surface area contributed by atoms with Gasteiger partial charge in [0.05, 0.1) is 0 Å². The molecule has 0 bridgehead atoms. The van der Waals surface area contributed by atoms with Gasteiger partial charge in [-0.2, -0.15) is 0 Å². The van der Waals surface area contributed by atoms with Crippen molar-refractivity contribution < 1.29 is 0 Å². The zero-order valence-corrected chi connectivity index (χ0v) is 8.77. The summed E-state index contributed by atoms with van der Waals surface area (Å²) in [5, 5.41) is 10.6. The van der Waals surface area contributed by atoms with Gasteiger partial charge in [-0.3, -0.25) is 5.41 Å².